The van der Waals surface area contributed by atoms with E-state index in [-0.39, 0.29) is 28.9 Å². The average Bonchev–Trinajstić information content (AvgIpc) is 3.28. The third kappa shape index (κ3) is 5.27. The van der Waals surface area contributed by atoms with Crippen LogP contribution in [0.1, 0.15) is 40.9 Å². The fourth-order valence-electron chi connectivity index (χ4n) is 5.02. The van der Waals surface area contributed by atoms with Crippen molar-refractivity contribution in [1.29, 1.82) is 0 Å². The Labute approximate surface area is 240 Å². The minimum Gasteiger partial charge on any atom is -0.390 e. The summed E-state index contributed by atoms with van der Waals surface area (Å²) >= 11 is 0. The lowest BCUT2D eigenvalue weighted by molar-refractivity contribution is -0.117. The van der Waals surface area contributed by atoms with E-state index in [1.165, 1.54) is 22.8 Å². The van der Waals surface area contributed by atoms with Crippen molar-refractivity contribution in [3.05, 3.63) is 119 Å². The van der Waals surface area contributed by atoms with Crippen LogP contribution >= 0.6 is 0 Å². The van der Waals surface area contributed by atoms with Crippen molar-refractivity contribution in [2.45, 2.75) is 32.0 Å². The zero-order valence-electron chi connectivity index (χ0n) is 22.9. The molecule has 9 nitrogen and oxygen atoms in total. The molecule has 3 N–H and O–H groups in total. The van der Waals surface area contributed by atoms with Crippen LogP contribution in [0, 0.1) is 5.82 Å². The van der Waals surface area contributed by atoms with Crippen LogP contribution in [0.25, 0.3) is 16.9 Å². The fourth-order valence-corrected chi connectivity index (χ4v) is 5.02. The van der Waals surface area contributed by atoms with Gasteiger partial charge in [0.15, 0.2) is 5.65 Å². The molecule has 3 heterocycles. The number of aromatic nitrogens is 3. The molecule has 1 atom stereocenters. The number of nitrogens with one attached hydrogen (secondary N) is 2. The van der Waals surface area contributed by atoms with Gasteiger partial charge in [-0.15, -0.1) is 0 Å². The molecule has 2 aromatic heterocycles. The summed E-state index contributed by atoms with van der Waals surface area (Å²) in [6.07, 6.45) is 2.04. The molecule has 0 unspecified atom stereocenters. The van der Waals surface area contributed by atoms with Gasteiger partial charge in [-0.3, -0.25) is 9.59 Å². The summed E-state index contributed by atoms with van der Waals surface area (Å²) in [5, 5.41) is 20.2. The lowest BCUT2D eigenvalue weighted by atomic mass is 9.96. The molecule has 5 aromatic rings. The van der Waals surface area contributed by atoms with Crippen molar-refractivity contribution >= 4 is 28.9 Å². The summed E-state index contributed by atoms with van der Waals surface area (Å²) in [5.41, 5.74) is 2.46. The van der Waals surface area contributed by atoms with Crippen LogP contribution in [0.4, 0.5) is 10.1 Å². The molecule has 210 valence electrons. The summed E-state index contributed by atoms with van der Waals surface area (Å²) in [5.74, 6) is -1.84. The maximum atomic E-state index is 15.5. The second-order valence-electron chi connectivity index (χ2n) is 10.7. The summed E-state index contributed by atoms with van der Waals surface area (Å²) in [4.78, 5) is 36.3. The van der Waals surface area contributed by atoms with Crippen LogP contribution in [0.5, 0.6) is 0 Å². The predicted octanol–water partition coefficient (Wildman–Crippen LogP) is 4.39. The quantitative estimate of drug-likeness (QED) is 0.283. The molecule has 42 heavy (non-hydrogen) atoms. The molecule has 0 saturated heterocycles. The third-order valence-corrected chi connectivity index (χ3v) is 6.81. The molecular formula is C32H27FN6O3. The van der Waals surface area contributed by atoms with Crippen LogP contribution in [-0.4, -0.2) is 49.0 Å². The molecule has 0 aliphatic carbocycles. The van der Waals surface area contributed by atoms with E-state index >= 15 is 4.39 Å². The van der Waals surface area contributed by atoms with Gasteiger partial charge in [0.2, 0.25) is 6.17 Å². The van der Waals surface area contributed by atoms with Crippen LogP contribution in [0.3, 0.4) is 0 Å². The Balaban J connectivity index is 1.41. The highest BCUT2D eigenvalue weighted by Gasteiger charge is 2.31. The van der Waals surface area contributed by atoms with E-state index in [2.05, 4.69) is 20.7 Å². The number of nitrogens with zero attached hydrogens (tertiary/aromatic N) is 4. The molecule has 3 aromatic carbocycles. The lowest BCUT2D eigenvalue weighted by Crippen LogP contribution is -2.42. The number of halogens is 1. The number of anilines is 1. The zero-order chi connectivity index (χ0) is 29.4. The van der Waals surface area contributed by atoms with Crippen molar-refractivity contribution in [1.82, 2.24) is 19.9 Å². The molecule has 0 spiro atoms. The SMILES string of the molecule is CC(C)(O)Cc1ccc(-c2nn3cccnc3c2C(=O)N[C@H]2N=C(c3ccccc3)c3ccccc3NC2=O)c(F)c1. The van der Waals surface area contributed by atoms with Gasteiger partial charge in [0.05, 0.1) is 17.0 Å². The number of amides is 2. The lowest BCUT2D eigenvalue weighted by Gasteiger charge is -2.17. The summed E-state index contributed by atoms with van der Waals surface area (Å²) in [7, 11) is 0. The number of aliphatic hydroxyl groups is 1. The molecule has 2 amide bonds. The summed E-state index contributed by atoms with van der Waals surface area (Å²) < 4.78 is 16.9. The number of hydrogen-bond donors (Lipinski definition) is 3. The van der Waals surface area contributed by atoms with Gasteiger partial charge >= 0.3 is 0 Å². The molecule has 0 fully saturated rings. The average molecular weight is 563 g/mol. The Morgan fingerprint density at radius 2 is 1.81 bits per heavy atom. The van der Waals surface area contributed by atoms with Crippen LogP contribution in [0.2, 0.25) is 0 Å². The molecular weight excluding hydrogens is 535 g/mol. The number of aliphatic imine (C=N–C) groups is 1. The Bertz CT molecular complexity index is 1860. The van der Waals surface area contributed by atoms with Gasteiger partial charge in [-0.1, -0.05) is 54.6 Å². The first-order chi connectivity index (χ1) is 20.2. The van der Waals surface area contributed by atoms with Gasteiger partial charge in [0, 0.05) is 35.5 Å². The summed E-state index contributed by atoms with van der Waals surface area (Å²) in [6, 6.07) is 22.8. The maximum absolute atomic E-state index is 15.5. The van der Waals surface area contributed by atoms with E-state index in [1.807, 2.05) is 42.5 Å². The zero-order valence-corrected chi connectivity index (χ0v) is 22.9. The monoisotopic (exact) mass is 562 g/mol. The molecule has 10 heteroatoms. The second-order valence-corrected chi connectivity index (χ2v) is 10.7. The van der Waals surface area contributed by atoms with E-state index in [0.717, 1.165) is 5.56 Å². The first-order valence-corrected chi connectivity index (χ1v) is 13.4. The number of benzene rings is 3. The number of benzodiazepines with no additional fused rings is 1. The van der Waals surface area contributed by atoms with Gasteiger partial charge in [-0.25, -0.2) is 18.9 Å². The van der Waals surface area contributed by atoms with Crippen molar-refractivity contribution in [2.75, 3.05) is 5.32 Å². The van der Waals surface area contributed by atoms with Crippen LogP contribution in [0.15, 0.2) is 96.2 Å². The van der Waals surface area contributed by atoms with E-state index in [1.54, 1.807) is 44.3 Å². The van der Waals surface area contributed by atoms with Crippen LogP contribution in [-0.2, 0) is 11.2 Å². The number of hydrogen-bond acceptors (Lipinski definition) is 6. The van der Waals surface area contributed by atoms with Crippen molar-refractivity contribution in [2.24, 2.45) is 4.99 Å². The number of fused-ring (bicyclic) bond motifs is 2. The van der Waals surface area contributed by atoms with E-state index in [9.17, 15) is 14.7 Å². The Hall–Kier alpha value is -5.22. The Morgan fingerprint density at radius 1 is 1.05 bits per heavy atom. The van der Waals surface area contributed by atoms with Crippen molar-refractivity contribution in [3.8, 4) is 11.3 Å². The van der Waals surface area contributed by atoms with Crippen molar-refractivity contribution < 1.29 is 19.1 Å². The topological polar surface area (TPSA) is 121 Å². The number of carbonyl (C=O) groups is 2. The first-order valence-electron chi connectivity index (χ1n) is 13.4. The van der Waals surface area contributed by atoms with Crippen molar-refractivity contribution in [3.63, 3.8) is 0 Å². The smallest absolute Gasteiger partial charge is 0.269 e. The van der Waals surface area contributed by atoms with Gasteiger partial charge in [0.1, 0.15) is 17.1 Å². The highest BCUT2D eigenvalue weighted by Crippen LogP contribution is 2.30. The van der Waals surface area contributed by atoms with Gasteiger partial charge < -0.3 is 15.7 Å². The van der Waals surface area contributed by atoms with Crippen LogP contribution < -0.4 is 10.6 Å². The number of carbonyl (C=O) groups excluding carboxylic acids is 2. The van der Waals surface area contributed by atoms with Gasteiger partial charge in [0.25, 0.3) is 11.8 Å². The molecule has 0 saturated carbocycles. The maximum Gasteiger partial charge on any atom is 0.269 e. The van der Waals surface area contributed by atoms with E-state index in [4.69, 9.17) is 4.99 Å². The van der Waals surface area contributed by atoms with Gasteiger partial charge in [-0.05, 0) is 43.7 Å². The Morgan fingerprint density at radius 3 is 2.57 bits per heavy atom. The first kappa shape index (κ1) is 27.0. The van der Waals surface area contributed by atoms with E-state index < -0.39 is 29.4 Å². The minimum atomic E-state index is -1.30. The molecule has 0 radical (unpaired) electrons. The number of rotatable bonds is 6. The highest BCUT2D eigenvalue weighted by molar-refractivity contribution is 6.20. The summed E-state index contributed by atoms with van der Waals surface area (Å²) in [6.45, 7) is 3.28. The molecule has 1 aliphatic heterocycles. The molecule has 1 aliphatic rings. The molecule has 6 rings (SSSR count). The highest BCUT2D eigenvalue weighted by atomic mass is 19.1. The minimum absolute atomic E-state index is 0.00393. The van der Waals surface area contributed by atoms with Gasteiger partial charge in [-0.2, -0.15) is 5.10 Å². The fraction of sp³-hybridized carbons (Fsp3) is 0.156. The normalized spacial score (nSPS) is 15.0. The molecule has 0 bridgehead atoms. The number of para-hydroxylation sites is 1. The predicted molar refractivity (Wildman–Crippen MR) is 157 cm³/mol. The standard InChI is InChI=1S/C32H27FN6O3/c1-32(2,42)18-19-13-14-21(23(33)17-19)27-25(29-34-15-8-16-39(29)38-27)30(40)37-28-31(41)35-24-12-7-6-11-22(24)26(36-28)20-9-4-3-5-10-20/h3-17,28,42H,18H2,1-2H3,(H,35,41)(H,37,40)/t28-/m1/s1. The Kier molecular flexibility index (Phi) is 6.83. The third-order valence-electron chi connectivity index (χ3n) is 6.81. The largest absolute Gasteiger partial charge is 0.390 e. The second kappa shape index (κ2) is 10.6. The van der Waals surface area contributed by atoms with E-state index in [0.29, 0.717) is 22.5 Å².